The minimum Gasteiger partial charge on any atom is -0.352 e. The van der Waals surface area contributed by atoms with Crippen LogP contribution < -0.4 is 0 Å². The number of nitrogens with zero attached hydrogens (tertiary/aromatic N) is 1. The molecule has 142 valence electrons. The lowest BCUT2D eigenvalue weighted by Gasteiger charge is -2.19. The monoisotopic (exact) mass is 373 g/mol. The van der Waals surface area contributed by atoms with Gasteiger partial charge in [-0.25, -0.2) is 0 Å². The van der Waals surface area contributed by atoms with Gasteiger partial charge in [0.15, 0.2) is 4.83 Å². The van der Waals surface area contributed by atoms with E-state index in [1.165, 1.54) is 103 Å². The molecule has 1 nitrogen and oxygen atoms in total. The molecule has 0 amide bonds. The molecular formula is C21H40ClNS. The Hall–Kier alpha value is 0.180. The molecule has 1 atom stereocenters. The summed E-state index contributed by atoms with van der Waals surface area (Å²) in [5.74, 6) is 0. The Morgan fingerprint density at radius 3 is 1.50 bits per heavy atom. The lowest BCUT2D eigenvalue weighted by atomic mass is 10.0. The van der Waals surface area contributed by atoms with Gasteiger partial charge in [-0.3, -0.25) is 0 Å². The summed E-state index contributed by atoms with van der Waals surface area (Å²) in [6.07, 6.45) is 25.0. The zero-order chi connectivity index (χ0) is 17.3. The Morgan fingerprint density at radius 1 is 0.708 bits per heavy atom. The summed E-state index contributed by atoms with van der Waals surface area (Å²) < 4.78 is 0. The molecule has 0 spiro atoms. The van der Waals surface area contributed by atoms with E-state index in [0.717, 1.165) is 6.54 Å². The van der Waals surface area contributed by atoms with Crippen LogP contribution in [0.5, 0.6) is 0 Å². The van der Waals surface area contributed by atoms with Crippen molar-refractivity contribution in [2.45, 2.75) is 114 Å². The van der Waals surface area contributed by atoms with Gasteiger partial charge in [0.25, 0.3) is 0 Å². The van der Waals surface area contributed by atoms with Crippen LogP contribution in [0.15, 0.2) is 11.6 Å². The fourth-order valence-electron chi connectivity index (χ4n) is 3.34. The van der Waals surface area contributed by atoms with Gasteiger partial charge >= 0.3 is 0 Å². The maximum atomic E-state index is 6.18. The zero-order valence-corrected chi connectivity index (χ0v) is 17.6. The topological polar surface area (TPSA) is 3.24 Å². The van der Waals surface area contributed by atoms with Gasteiger partial charge < -0.3 is 4.90 Å². The van der Waals surface area contributed by atoms with Crippen LogP contribution >= 0.6 is 23.4 Å². The number of alkyl halides is 1. The standard InChI is InChI=1S/C21H40ClNS/c1-2-3-4-5-6-7-8-9-10-11-12-13-14-15-16-17-18-23-19-20-24-21(23)22/h19-21H,2-18H2,1H3. The van der Waals surface area contributed by atoms with Crippen molar-refractivity contribution < 1.29 is 0 Å². The molecule has 0 saturated heterocycles. The smallest absolute Gasteiger partial charge is 0.154 e. The molecule has 1 heterocycles. The molecule has 0 bridgehead atoms. The van der Waals surface area contributed by atoms with E-state index in [4.69, 9.17) is 11.6 Å². The molecule has 1 rings (SSSR count). The van der Waals surface area contributed by atoms with Crippen molar-refractivity contribution in [3.8, 4) is 0 Å². The minimum atomic E-state index is 0.140. The largest absolute Gasteiger partial charge is 0.352 e. The highest BCUT2D eigenvalue weighted by molar-refractivity contribution is 8.04. The molecule has 0 fully saturated rings. The Labute approximate surface area is 161 Å². The van der Waals surface area contributed by atoms with Crippen LogP contribution in [-0.2, 0) is 0 Å². The highest BCUT2D eigenvalue weighted by atomic mass is 35.5. The first-order valence-electron chi connectivity index (χ1n) is 10.6. The Bertz CT molecular complexity index is 296. The summed E-state index contributed by atoms with van der Waals surface area (Å²) in [5, 5.41) is 2.10. The molecule has 3 heteroatoms. The van der Waals surface area contributed by atoms with Gasteiger partial charge in [-0.15, -0.1) is 0 Å². The van der Waals surface area contributed by atoms with Crippen molar-refractivity contribution in [3.05, 3.63) is 11.6 Å². The second-order valence-electron chi connectivity index (χ2n) is 7.25. The van der Waals surface area contributed by atoms with Gasteiger partial charge in [0, 0.05) is 12.7 Å². The number of hydrogen-bond acceptors (Lipinski definition) is 2. The molecular weight excluding hydrogens is 334 g/mol. The maximum Gasteiger partial charge on any atom is 0.154 e. The van der Waals surface area contributed by atoms with Crippen LogP contribution in [0.1, 0.15) is 110 Å². The highest BCUT2D eigenvalue weighted by Crippen LogP contribution is 2.28. The van der Waals surface area contributed by atoms with Gasteiger partial charge in [0.1, 0.15) is 0 Å². The molecule has 0 aliphatic carbocycles. The Balaban J connectivity index is 1.68. The number of unbranched alkanes of at least 4 members (excludes halogenated alkanes) is 15. The Kier molecular flexibility index (Phi) is 15.4. The summed E-state index contributed by atoms with van der Waals surface area (Å²) in [5.41, 5.74) is 0. The first-order chi connectivity index (χ1) is 11.8. The summed E-state index contributed by atoms with van der Waals surface area (Å²) in [6.45, 7) is 3.41. The predicted octanol–water partition coefficient (Wildman–Crippen LogP) is 8.29. The number of thioether (sulfide) groups is 1. The zero-order valence-electron chi connectivity index (χ0n) is 16.0. The third-order valence-corrected chi connectivity index (χ3v) is 6.31. The first kappa shape index (κ1) is 22.2. The molecule has 24 heavy (non-hydrogen) atoms. The minimum absolute atomic E-state index is 0.140. The second-order valence-corrected chi connectivity index (χ2v) is 8.92. The van der Waals surface area contributed by atoms with Gasteiger partial charge in [0.05, 0.1) is 0 Å². The highest BCUT2D eigenvalue weighted by Gasteiger charge is 2.15. The second kappa shape index (κ2) is 16.6. The van der Waals surface area contributed by atoms with E-state index in [-0.39, 0.29) is 4.83 Å². The normalized spacial score (nSPS) is 17.1. The predicted molar refractivity (Wildman–Crippen MR) is 113 cm³/mol. The molecule has 0 aromatic heterocycles. The van der Waals surface area contributed by atoms with Gasteiger partial charge in [-0.1, -0.05) is 127 Å². The lowest BCUT2D eigenvalue weighted by Crippen LogP contribution is -2.20. The van der Waals surface area contributed by atoms with Gasteiger partial charge in [0.2, 0.25) is 0 Å². The Morgan fingerprint density at radius 2 is 1.12 bits per heavy atom. The molecule has 1 unspecified atom stereocenters. The molecule has 0 saturated carbocycles. The van der Waals surface area contributed by atoms with Crippen LogP contribution in [0.3, 0.4) is 0 Å². The molecule has 0 radical (unpaired) electrons. The number of halogens is 1. The molecule has 1 aliphatic rings. The van der Waals surface area contributed by atoms with Crippen molar-refractivity contribution in [2.24, 2.45) is 0 Å². The van der Waals surface area contributed by atoms with E-state index >= 15 is 0 Å². The van der Waals surface area contributed by atoms with Crippen LogP contribution in [0.2, 0.25) is 0 Å². The lowest BCUT2D eigenvalue weighted by molar-refractivity contribution is 0.399. The first-order valence-corrected chi connectivity index (χ1v) is 11.9. The average molecular weight is 374 g/mol. The average Bonchev–Trinajstić information content (AvgIpc) is 2.99. The summed E-state index contributed by atoms with van der Waals surface area (Å²) in [7, 11) is 0. The fraction of sp³-hybridized carbons (Fsp3) is 0.905. The molecule has 0 aromatic rings. The van der Waals surface area contributed by atoms with Crippen LogP contribution in [-0.4, -0.2) is 16.3 Å². The quantitative estimate of drug-likeness (QED) is 0.143. The van der Waals surface area contributed by atoms with E-state index in [9.17, 15) is 0 Å². The summed E-state index contributed by atoms with van der Waals surface area (Å²) >= 11 is 7.88. The third-order valence-electron chi connectivity index (χ3n) is 4.97. The molecule has 0 aromatic carbocycles. The van der Waals surface area contributed by atoms with Gasteiger partial charge in [-0.05, 0) is 11.8 Å². The summed E-state index contributed by atoms with van der Waals surface area (Å²) in [6, 6.07) is 0. The van der Waals surface area contributed by atoms with Crippen molar-refractivity contribution in [1.82, 2.24) is 4.90 Å². The molecule has 0 N–H and O–H groups in total. The maximum absolute atomic E-state index is 6.18. The van der Waals surface area contributed by atoms with Crippen LogP contribution in [0.4, 0.5) is 0 Å². The van der Waals surface area contributed by atoms with Gasteiger partial charge in [-0.2, -0.15) is 0 Å². The van der Waals surface area contributed by atoms with E-state index in [1.807, 2.05) is 0 Å². The third kappa shape index (κ3) is 12.5. The van der Waals surface area contributed by atoms with E-state index in [0.29, 0.717) is 0 Å². The van der Waals surface area contributed by atoms with Crippen molar-refractivity contribution in [1.29, 1.82) is 0 Å². The summed E-state index contributed by atoms with van der Waals surface area (Å²) in [4.78, 5) is 2.39. The van der Waals surface area contributed by atoms with Crippen molar-refractivity contribution in [2.75, 3.05) is 6.54 Å². The fourth-order valence-corrected chi connectivity index (χ4v) is 4.37. The van der Waals surface area contributed by atoms with E-state index < -0.39 is 0 Å². The van der Waals surface area contributed by atoms with Crippen molar-refractivity contribution in [3.63, 3.8) is 0 Å². The van der Waals surface area contributed by atoms with Crippen LogP contribution in [0, 0.1) is 0 Å². The SMILES string of the molecule is CCCCCCCCCCCCCCCCCCN1C=CSC1Cl. The van der Waals surface area contributed by atoms with E-state index in [2.05, 4.69) is 23.4 Å². The molecule has 1 aliphatic heterocycles. The van der Waals surface area contributed by atoms with Crippen molar-refractivity contribution >= 4 is 23.4 Å². The van der Waals surface area contributed by atoms with Crippen LogP contribution in [0.25, 0.3) is 0 Å². The number of hydrogen-bond donors (Lipinski definition) is 0. The number of rotatable bonds is 17. The van der Waals surface area contributed by atoms with E-state index in [1.54, 1.807) is 11.8 Å².